The third-order valence-electron chi connectivity index (χ3n) is 3.07. The van der Waals surface area contributed by atoms with Crippen molar-refractivity contribution in [3.05, 3.63) is 33.8 Å². The zero-order valence-electron chi connectivity index (χ0n) is 10.5. The first-order valence-electron chi connectivity index (χ1n) is 6.14. The summed E-state index contributed by atoms with van der Waals surface area (Å²) in [5.74, 6) is 0. The lowest BCUT2D eigenvalue weighted by molar-refractivity contribution is 0.0350. The molecule has 0 amide bonds. The standard InChI is InChI=1S/C13H18Cl2N2O/c1-16-13-9-17(5-2-6-18-13)8-10-3-4-11(14)12(15)7-10/h3-4,7,13,16H,2,5-6,8-9H2,1H3. The van der Waals surface area contributed by atoms with Crippen LogP contribution in [0.25, 0.3) is 0 Å². The van der Waals surface area contributed by atoms with E-state index in [0.29, 0.717) is 10.0 Å². The number of hydrogen-bond donors (Lipinski definition) is 1. The minimum absolute atomic E-state index is 0.107. The number of rotatable bonds is 3. The van der Waals surface area contributed by atoms with Crippen LogP contribution < -0.4 is 5.32 Å². The van der Waals surface area contributed by atoms with E-state index in [9.17, 15) is 0 Å². The van der Waals surface area contributed by atoms with Gasteiger partial charge in [0.05, 0.1) is 10.0 Å². The lowest BCUT2D eigenvalue weighted by atomic mass is 10.2. The van der Waals surface area contributed by atoms with Crippen LogP contribution in [0.15, 0.2) is 18.2 Å². The summed E-state index contributed by atoms with van der Waals surface area (Å²) in [6.45, 7) is 3.61. The monoisotopic (exact) mass is 288 g/mol. The molecule has 1 N–H and O–H groups in total. The summed E-state index contributed by atoms with van der Waals surface area (Å²) in [6.07, 6.45) is 1.16. The Bertz CT molecular complexity index is 401. The van der Waals surface area contributed by atoms with Gasteiger partial charge in [-0.2, -0.15) is 0 Å². The van der Waals surface area contributed by atoms with Gasteiger partial charge in [0.25, 0.3) is 0 Å². The van der Waals surface area contributed by atoms with Gasteiger partial charge < -0.3 is 4.74 Å². The third kappa shape index (κ3) is 3.84. The summed E-state index contributed by atoms with van der Waals surface area (Å²) < 4.78 is 5.66. The maximum absolute atomic E-state index is 6.03. The number of hydrogen-bond acceptors (Lipinski definition) is 3. The molecule has 1 atom stereocenters. The van der Waals surface area contributed by atoms with E-state index in [1.54, 1.807) is 0 Å². The van der Waals surface area contributed by atoms with Crippen LogP contribution in [0.1, 0.15) is 12.0 Å². The molecule has 1 unspecified atom stereocenters. The first-order valence-corrected chi connectivity index (χ1v) is 6.90. The van der Waals surface area contributed by atoms with E-state index in [1.807, 2.05) is 25.2 Å². The van der Waals surface area contributed by atoms with Crippen molar-refractivity contribution < 1.29 is 4.74 Å². The molecule has 1 heterocycles. The molecule has 18 heavy (non-hydrogen) atoms. The van der Waals surface area contributed by atoms with Crippen LogP contribution in [0, 0.1) is 0 Å². The Morgan fingerprint density at radius 1 is 1.39 bits per heavy atom. The first kappa shape index (κ1) is 14.1. The number of nitrogens with zero attached hydrogens (tertiary/aromatic N) is 1. The van der Waals surface area contributed by atoms with Gasteiger partial charge in [-0.15, -0.1) is 0 Å². The van der Waals surface area contributed by atoms with E-state index in [4.69, 9.17) is 27.9 Å². The molecule has 1 aliphatic rings. The number of halogens is 2. The van der Waals surface area contributed by atoms with Gasteiger partial charge in [-0.1, -0.05) is 29.3 Å². The molecule has 0 aliphatic carbocycles. The van der Waals surface area contributed by atoms with Gasteiger partial charge >= 0.3 is 0 Å². The lowest BCUT2D eigenvalue weighted by Crippen LogP contribution is -2.38. The molecule has 0 saturated carbocycles. The summed E-state index contributed by atoms with van der Waals surface area (Å²) in [6, 6.07) is 5.81. The van der Waals surface area contributed by atoms with Crippen molar-refractivity contribution in [3.63, 3.8) is 0 Å². The molecule has 1 saturated heterocycles. The zero-order chi connectivity index (χ0) is 13.0. The Morgan fingerprint density at radius 3 is 2.94 bits per heavy atom. The van der Waals surface area contributed by atoms with Crippen molar-refractivity contribution in [1.29, 1.82) is 0 Å². The molecule has 1 aliphatic heterocycles. The third-order valence-corrected chi connectivity index (χ3v) is 3.81. The SMILES string of the molecule is CNC1CN(Cc2ccc(Cl)c(Cl)c2)CCCO1. The van der Waals surface area contributed by atoms with Gasteiger partial charge in [0.2, 0.25) is 0 Å². The van der Waals surface area contributed by atoms with Gasteiger partial charge in [0.15, 0.2) is 0 Å². The van der Waals surface area contributed by atoms with Crippen molar-refractivity contribution >= 4 is 23.2 Å². The summed E-state index contributed by atoms with van der Waals surface area (Å²) in [4.78, 5) is 2.37. The second kappa shape index (κ2) is 6.73. The highest BCUT2D eigenvalue weighted by Gasteiger charge is 2.17. The minimum atomic E-state index is 0.107. The van der Waals surface area contributed by atoms with Crippen molar-refractivity contribution in [2.75, 3.05) is 26.7 Å². The average molecular weight is 289 g/mol. The largest absolute Gasteiger partial charge is 0.362 e. The van der Waals surface area contributed by atoms with Crippen molar-refractivity contribution in [3.8, 4) is 0 Å². The van der Waals surface area contributed by atoms with E-state index in [-0.39, 0.29) is 6.23 Å². The predicted molar refractivity (Wildman–Crippen MR) is 75.2 cm³/mol. The van der Waals surface area contributed by atoms with Crippen molar-refractivity contribution in [2.24, 2.45) is 0 Å². The van der Waals surface area contributed by atoms with Crippen molar-refractivity contribution in [2.45, 2.75) is 19.2 Å². The Kier molecular flexibility index (Phi) is 5.27. The maximum Gasteiger partial charge on any atom is 0.120 e. The van der Waals surface area contributed by atoms with E-state index >= 15 is 0 Å². The fraction of sp³-hybridized carbons (Fsp3) is 0.538. The van der Waals surface area contributed by atoms with E-state index in [2.05, 4.69) is 10.2 Å². The highest BCUT2D eigenvalue weighted by molar-refractivity contribution is 6.42. The first-order chi connectivity index (χ1) is 8.69. The molecular weight excluding hydrogens is 271 g/mol. The van der Waals surface area contributed by atoms with Gasteiger partial charge in [-0.05, 0) is 31.2 Å². The molecule has 1 fully saturated rings. The topological polar surface area (TPSA) is 24.5 Å². The van der Waals surface area contributed by atoms with Crippen molar-refractivity contribution in [1.82, 2.24) is 10.2 Å². The highest BCUT2D eigenvalue weighted by Crippen LogP contribution is 2.23. The van der Waals surface area contributed by atoms with E-state index < -0.39 is 0 Å². The van der Waals surface area contributed by atoms with E-state index in [0.717, 1.165) is 32.7 Å². The average Bonchev–Trinajstić information content (AvgIpc) is 2.59. The normalized spacial score (nSPS) is 21.8. The molecule has 2 rings (SSSR count). The fourth-order valence-electron chi connectivity index (χ4n) is 2.11. The molecular formula is C13H18Cl2N2O. The smallest absolute Gasteiger partial charge is 0.120 e. The predicted octanol–water partition coefficient (Wildman–Crippen LogP) is 2.76. The lowest BCUT2D eigenvalue weighted by Gasteiger charge is -2.23. The van der Waals surface area contributed by atoms with Crippen LogP contribution in [0.3, 0.4) is 0 Å². The molecule has 1 aromatic carbocycles. The Balaban J connectivity index is 2.00. The van der Waals surface area contributed by atoms with Gasteiger partial charge in [-0.3, -0.25) is 10.2 Å². The summed E-state index contributed by atoms with van der Waals surface area (Å²) in [5.41, 5.74) is 1.18. The molecule has 5 heteroatoms. The molecule has 0 bridgehead atoms. The summed E-state index contributed by atoms with van der Waals surface area (Å²) in [7, 11) is 1.92. The summed E-state index contributed by atoms with van der Waals surface area (Å²) >= 11 is 12.0. The zero-order valence-corrected chi connectivity index (χ0v) is 12.0. The Hall–Kier alpha value is -0.320. The van der Waals surface area contributed by atoms with Crippen LogP contribution in [-0.2, 0) is 11.3 Å². The van der Waals surface area contributed by atoms with Gasteiger partial charge in [-0.25, -0.2) is 0 Å². The Morgan fingerprint density at radius 2 is 2.22 bits per heavy atom. The number of ether oxygens (including phenoxy) is 1. The minimum Gasteiger partial charge on any atom is -0.362 e. The second-order valence-corrected chi connectivity index (χ2v) is 5.30. The highest BCUT2D eigenvalue weighted by atomic mass is 35.5. The van der Waals surface area contributed by atoms with Gasteiger partial charge in [0, 0.05) is 26.2 Å². The van der Waals surface area contributed by atoms with Crippen LogP contribution in [0.5, 0.6) is 0 Å². The van der Waals surface area contributed by atoms with Crippen LogP contribution in [0.4, 0.5) is 0 Å². The quantitative estimate of drug-likeness (QED) is 0.926. The molecule has 100 valence electrons. The Labute approximate surface area is 118 Å². The van der Waals surface area contributed by atoms with Crippen LogP contribution >= 0.6 is 23.2 Å². The molecule has 0 spiro atoms. The second-order valence-electron chi connectivity index (χ2n) is 4.49. The molecule has 0 radical (unpaired) electrons. The number of benzene rings is 1. The molecule has 0 aromatic heterocycles. The molecule has 3 nitrogen and oxygen atoms in total. The summed E-state index contributed by atoms with van der Waals surface area (Å²) in [5, 5.41) is 4.39. The van der Waals surface area contributed by atoms with Crippen LogP contribution in [-0.4, -0.2) is 37.9 Å². The van der Waals surface area contributed by atoms with Crippen LogP contribution in [0.2, 0.25) is 10.0 Å². The molecule has 1 aromatic rings. The van der Waals surface area contributed by atoms with Gasteiger partial charge in [0.1, 0.15) is 6.23 Å². The maximum atomic E-state index is 6.03. The van der Waals surface area contributed by atoms with E-state index in [1.165, 1.54) is 5.56 Å². The fourth-order valence-corrected chi connectivity index (χ4v) is 2.43. The number of likely N-dealkylation sites (N-methyl/N-ethyl adjacent to an activating group) is 1. The number of nitrogens with one attached hydrogen (secondary N) is 1.